The van der Waals surface area contributed by atoms with Crippen molar-refractivity contribution < 1.29 is 5.11 Å². The molecule has 2 rings (SSSR count). The highest BCUT2D eigenvalue weighted by molar-refractivity contribution is 9.10. The quantitative estimate of drug-likeness (QED) is 0.896. The van der Waals surface area contributed by atoms with Crippen molar-refractivity contribution in [2.45, 2.75) is 50.8 Å². The number of halogens is 1. The lowest BCUT2D eigenvalue weighted by molar-refractivity contribution is 0.106. The summed E-state index contributed by atoms with van der Waals surface area (Å²) in [5.74, 6) is 0. The number of anilines is 1. The molecule has 3 atom stereocenters. The van der Waals surface area contributed by atoms with Crippen LogP contribution in [0.4, 0.5) is 5.69 Å². The molecule has 19 heavy (non-hydrogen) atoms. The normalized spacial score (nSPS) is 25.1. The highest BCUT2D eigenvalue weighted by Crippen LogP contribution is 2.32. The molecule has 0 heterocycles. The summed E-state index contributed by atoms with van der Waals surface area (Å²) in [6, 6.07) is 6.37. The van der Waals surface area contributed by atoms with Crippen LogP contribution in [0.1, 0.15) is 44.2 Å². The van der Waals surface area contributed by atoms with Gasteiger partial charge in [-0.25, -0.2) is 0 Å². The molecule has 1 aliphatic carbocycles. The number of aliphatic hydroxyl groups is 1. The Morgan fingerprint density at radius 3 is 2.68 bits per heavy atom. The molecule has 4 heteroatoms. The maximum atomic E-state index is 10.2. The Hall–Kier alpha value is -0.580. The summed E-state index contributed by atoms with van der Waals surface area (Å²) in [7, 11) is 2.06. The smallest absolute Gasteiger partial charge is 0.0743 e. The summed E-state index contributed by atoms with van der Waals surface area (Å²) < 4.78 is 1.05. The number of aliphatic hydroxyl groups excluding tert-OH is 1. The van der Waals surface area contributed by atoms with Crippen molar-refractivity contribution in [3.05, 3.63) is 28.2 Å². The van der Waals surface area contributed by atoms with Crippen LogP contribution in [0.3, 0.4) is 0 Å². The van der Waals surface area contributed by atoms with E-state index in [0.717, 1.165) is 35.0 Å². The zero-order valence-electron chi connectivity index (χ0n) is 11.6. The molecular weight excluding hydrogens is 304 g/mol. The van der Waals surface area contributed by atoms with Crippen LogP contribution in [-0.4, -0.2) is 24.3 Å². The van der Waals surface area contributed by atoms with Crippen molar-refractivity contribution in [3.63, 3.8) is 0 Å². The van der Waals surface area contributed by atoms with Crippen LogP contribution in [0.25, 0.3) is 0 Å². The molecule has 0 radical (unpaired) electrons. The fourth-order valence-electron chi connectivity index (χ4n) is 2.93. The number of hydrogen-bond donors (Lipinski definition) is 2. The van der Waals surface area contributed by atoms with Gasteiger partial charge in [0.15, 0.2) is 0 Å². The van der Waals surface area contributed by atoms with Crippen molar-refractivity contribution in [1.29, 1.82) is 0 Å². The molecular formula is C15H23BrN2O. The van der Waals surface area contributed by atoms with E-state index < -0.39 is 0 Å². The fourth-order valence-corrected chi connectivity index (χ4v) is 3.28. The van der Waals surface area contributed by atoms with Crippen LogP contribution >= 0.6 is 15.9 Å². The van der Waals surface area contributed by atoms with E-state index in [9.17, 15) is 5.11 Å². The third-order valence-corrected chi connectivity index (χ3v) is 4.55. The predicted octanol–water partition coefficient (Wildman–Crippen LogP) is 3.21. The highest BCUT2D eigenvalue weighted by atomic mass is 79.9. The van der Waals surface area contributed by atoms with Gasteiger partial charge in [0.05, 0.1) is 12.1 Å². The molecule has 3 N–H and O–H groups in total. The standard InChI is InChI=1S/C15H23BrN2O/c1-10(17)12-8-7-11(16)9-14(12)18(2)13-5-3-4-6-15(13)19/h7-10,13,15,19H,3-6,17H2,1-2H3. The summed E-state index contributed by atoms with van der Waals surface area (Å²) in [6.07, 6.45) is 4.02. The van der Waals surface area contributed by atoms with Gasteiger partial charge in [0.2, 0.25) is 0 Å². The molecule has 1 fully saturated rings. The third-order valence-electron chi connectivity index (χ3n) is 4.05. The molecule has 0 spiro atoms. The van der Waals surface area contributed by atoms with Crippen LogP contribution in [0, 0.1) is 0 Å². The molecule has 1 aliphatic rings. The van der Waals surface area contributed by atoms with E-state index in [1.807, 2.05) is 13.0 Å². The van der Waals surface area contributed by atoms with Crippen LogP contribution in [0.15, 0.2) is 22.7 Å². The first-order valence-electron chi connectivity index (χ1n) is 6.96. The Labute approximate surface area is 123 Å². The zero-order chi connectivity index (χ0) is 14.0. The first-order valence-corrected chi connectivity index (χ1v) is 7.76. The van der Waals surface area contributed by atoms with Gasteiger partial charge in [-0.1, -0.05) is 34.8 Å². The van der Waals surface area contributed by atoms with Crippen LogP contribution in [0.5, 0.6) is 0 Å². The molecule has 0 bridgehead atoms. The molecule has 0 saturated heterocycles. The third kappa shape index (κ3) is 3.30. The maximum absolute atomic E-state index is 10.2. The van der Waals surface area contributed by atoms with Crippen molar-refractivity contribution in [3.8, 4) is 0 Å². The van der Waals surface area contributed by atoms with Gasteiger partial charge in [0.25, 0.3) is 0 Å². The van der Waals surface area contributed by atoms with Gasteiger partial charge < -0.3 is 15.7 Å². The van der Waals surface area contributed by atoms with Gasteiger partial charge >= 0.3 is 0 Å². The van der Waals surface area contributed by atoms with Crippen molar-refractivity contribution >= 4 is 21.6 Å². The van der Waals surface area contributed by atoms with Gasteiger partial charge in [-0.05, 0) is 37.5 Å². The molecule has 3 unspecified atom stereocenters. The van der Waals surface area contributed by atoms with E-state index in [-0.39, 0.29) is 18.2 Å². The van der Waals surface area contributed by atoms with Crippen LogP contribution in [-0.2, 0) is 0 Å². The Bertz CT molecular complexity index is 436. The second-order valence-corrected chi connectivity index (χ2v) is 6.44. The molecule has 3 nitrogen and oxygen atoms in total. The predicted molar refractivity (Wildman–Crippen MR) is 83.4 cm³/mol. The Kier molecular flexibility index (Phi) is 4.87. The van der Waals surface area contributed by atoms with Gasteiger partial charge in [0.1, 0.15) is 0 Å². The van der Waals surface area contributed by atoms with E-state index in [1.54, 1.807) is 0 Å². The number of benzene rings is 1. The van der Waals surface area contributed by atoms with Gasteiger partial charge in [-0.15, -0.1) is 0 Å². The van der Waals surface area contributed by atoms with Crippen LogP contribution < -0.4 is 10.6 Å². The first kappa shape index (κ1) is 14.8. The van der Waals surface area contributed by atoms with Crippen molar-refractivity contribution in [2.75, 3.05) is 11.9 Å². The highest BCUT2D eigenvalue weighted by Gasteiger charge is 2.28. The minimum absolute atomic E-state index is 0.00807. The van der Waals surface area contributed by atoms with Crippen LogP contribution in [0.2, 0.25) is 0 Å². The number of nitrogens with zero attached hydrogens (tertiary/aromatic N) is 1. The van der Waals surface area contributed by atoms with Crippen molar-refractivity contribution in [1.82, 2.24) is 0 Å². The maximum Gasteiger partial charge on any atom is 0.0743 e. The molecule has 0 aliphatic heterocycles. The van der Waals surface area contributed by atoms with Gasteiger partial charge in [0, 0.05) is 23.2 Å². The average molecular weight is 327 g/mol. The largest absolute Gasteiger partial charge is 0.391 e. The number of nitrogens with two attached hydrogens (primary N) is 1. The molecule has 106 valence electrons. The molecule has 1 saturated carbocycles. The summed E-state index contributed by atoms with van der Waals surface area (Å²) in [4.78, 5) is 2.20. The van der Waals surface area contributed by atoms with E-state index in [1.165, 1.54) is 6.42 Å². The van der Waals surface area contributed by atoms with E-state index in [0.29, 0.717) is 0 Å². The minimum atomic E-state index is -0.237. The zero-order valence-corrected chi connectivity index (χ0v) is 13.2. The average Bonchev–Trinajstić information content (AvgIpc) is 2.38. The summed E-state index contributed by atoms with van der Waals surface area (Å²) >= 11 is 3.52. The monoisotopic (exact) mass is 326 g/mol. The lowest BCUT2D eigenvalue weighted by Gasteiger charge is -2.38. The van der Waals surface area contributed by atoms with E-state index in [4.69, 9.17) is 5.73 Å². The Morgan fingerprint density at radius 2 is 2.05 bits per heavy atom. The minimum Gasteiger partial charge on any atom is -0.391 e. The number of rotatable bonds is 3. The van der Waals surface area contributed by atoms with Crippen molar-refractivity contribution in [2.24, 2.45) is 5.73 Å². The summed E-state index contributed by atoms with van der Waals surface area (Å²) in [5, 5.41) is 10.2. The van der Waals surface area contributed by atoms with Gasteiger partial charge in [-0.3, -0.25) is 0 Å². The van der Waals surface area contributed by atoms with E-state index in [2.05, 4.69) is 40.0 Å². The lowest BCUT2D eigenvalue weighted by Crippen LogP contribution is -2.44. The molecule has 0 amide bonds. The van der Waals surface area contributed by atoms with E-state index >= 15 is 0 Å². The Morgan fingerprint density at radius 1 is 1.37 bits per heavy atom. The molecule has 0 aromatic heterocycles. The second kappa shape index (κ2) is 6.25. The fraction of sp³-hybridized carbons (Fsp3) is 0.600. The molecule has 1 aromatic carbocycles. The number of likely N-dealkylation sites (N-methyl/N-ethyl adjacent to an activating group) is 1. The lowest BCUT2D eigenvalue weighted by atomic mass is 9.90. The number of hydrogen-bond acceptors (Lipinski definition) is 3. The molecule has 1 aromatic rings. The summed E-state index contributed by atoms with van der Waals surface area (Å²) in [5.41, 5.74) is 8.31. The second-order valence-electron chi connectivity index (χ2n) is 5.52. The summed E-state index contributed by atoms with van der Waals surface area (Å²) in [6.45, 7) is 2.00. The van der Waals surface area contributed by atoms with Gasteiger partial charge in [-0.2, -0.15) is 0 Å². The Balaban J connectivity index is 2.31. The SMILES string of the molecule is CC(N)c1ccc(Br)cc1N(C)C1CCCCC1O. The first-order chi connectivity index (χ1) is 9.00. The topological polar surface area (TPSA) is 49.5 Å².